The fourth-order valence-corrected chi connectivity index (χ4v) is 3.33. The number of rotatable bonds is 6. The molecule has 1 aliphatic heterocycles. The molecule has 3 aromatic rings. The highest BCUT2D eigenvalue weighted by molar-refractivity contribution is 5.54. The van der Waals surface area contributed by atoms with Crippen LogP contribution in [0.1, 0.15) is 37.4 Å². The third-order valence-electron chi connectivity index (χ3n) is 5.02. The van der Waals surface area contributed by atoms with Crippen molar-refractivity contribution in [3.8, 4) is 11.9 Å². The fraction of sp³-hybridized carbons (Fsp3) is 0.400. The number of aryl methyl sites for hydroxylation is 1. The monoisotopic (exact) mass is 441 g/mol. The molecule has 0 aromatic carbocycles. The lowest BCUT2D eigenvalue weighted by Gasteiger charge is -2.30. The molecule has 0 saturated carbocycles. The fourth-order valence-electron chi connectivity index (χ4n) is 3.33. The van der Waals surface area contributed by atoms with E-state index in [0.717, 1.165) is 18.1 Å². The van der Waals surface area contributed by atoms with Gasteiger partial charge in [0.2, 0.25) is 11.8 Å². The Labute approximate surface area is 182 Å². The minimum absolute atomic E-state index is 0.0628. The Bertz CT molecular complexity index is 1120. The van der Waals surface area contributed by atoms with Crippen LogP contribution in [0.5, 0.6) is 5.88 Å². The van der Waals surface area contributed by atoms with E-state index < -0.39 is 17.7 Å². The zero-order chi connectivity index (χ0) is 22.7. The quantitative estimate of drug-likeness (QED) is 0.592. The SMILES string of the molecule is Cc1cc(Nc2nc(OC(C)c3ncc(F)cn3)c(F)c(N3CCC(C#N)CC3)n2)n[nH]1. The minimum Gasteiger partial charge on any atom is -0.464 e. The molecule has 0 radical (unpaired) electrons. The van der Waals surface area contributed by atoms with E-state index in [1.54, 1.807) is 17.9 Å². The highest BCUT2D eigenvalue weighted by Gasteiger charge is 2.27. The number of ether oxygens (including phenoxy) is 1. The normalized spacial score (nSPS) is 15.3. The molecule has 1 fully saturated rings. The molecule has 32 heavy (non-hydrogen) atoms. The second-order valence-electron chi connectivity index (χ2n) is 7.46. The van der Waals surface area contributed by atoms with Crippen LogP contribution < -0.4 is 15.0 Å². The zero-order valence-corrected chi connectivity index (χ0v) is 17.5. The molecular formula is C20H21F2N9O. The summed E-state index contributed by atoms with van der Waals surface area (Å²) in [6, 6.07) is 4.00. The molecule has 4 rings (SSSR count). The number of anilines is 3. The molecule has 0 spiro atoms. The van der Waals surface area contributed by atoms with Crippen molar-refractivity contribution in [1.29, 1.82) is 5.26 Å². The van der Waals surface area contributed by atoms with Gasteiger partial charge in [-0.25, -0.2) is 14.4 Å². The zero-order valence-electron chi connectivity index (χ0n) is 17.5. The second-order valence-corrected chi connectivity index (χ2v) is 7.46. The van der Waals surface area contributed by atoms with E-state index in [0.29, 0.717) is 31.7 Å². The summed E-state index contributed by atoms with van der Waals surface area (Å²) >= 11 is 0. The van der Waals surface area contributed by atoms with Gasteiger partial charge in [0.15, 0.2) is 29.4 Å². The van der Waals surface area contributed by atoms with Crippen LogP contribution in [-0.4, -0.2) is 43.2 Å². The van der Waals surface area contributed by atoms with E-state index in [1.807, 2.05) is 6.92 Å². The Morgan fingerprint density at radius 3 is 2.59 bits per heavy atom. The molecule has 1 aliphatic rings. The van der Waals surface area contributed by atoms with E-state index >= 15 is 4.39 Å². The van der Waals surface area contributed by atoms with Crippen LogP contribution in [0.15, 0.2) is 18.5 Å². The van der Waals surface area contributed by atoms with Crippen molar-refractivity contribution in [2.45, 2.75) is 32.8 Å². The van der Waals surface area contributed by atoms with Crippen LogP contribution >= 0.6 is 0 Å². The van der Waals surface area contributed by atoms with Gasteiger partial charge in [0.05, 0.1) is 18.5 Å². The van der Waals surface area contributed by atoms with Crippen molar-refractivity contribution in [3.63, 3.8) is 0 Å². The van der Waals surface area contributed by atoms with E-state index in [1.165, 1.54) is 0 Å². The van der Waals surface area contributed by atoms with Crippen molar-refractivity contribution in [1.82, 2.24) is 30.1 Å². The largest absolute Gasteiger partial charge is 0.464 e. The molecule has 166 valence electrons. The summed E-state index contributed by atoms with van der Waals surface area (Å²) in [4.78, 5) is 18.0. The molecule has 0 bridgehead atoms. The number of nitrogens with one attached hydrogen (secondary N) is 2. The third-order valence-corrected chi connectivity index (χ3v) is 5.02. The highest BCUT2D eigenvalue weighted by Crippen LogP contribution is 2.31. The van der Waals surface area contributed by atoms with E-state index in [2.05, 4.69) is 41.5 Å². The Morgan fingerprint density at radius 2 is 1.97 bits per heavy atom. The van der Waals surface area contributed by atoms with Crippen molar-refractivity contribution in [3.05, 3.63) is 41.6 Å². The number of nitriles is 1. The summed E-state index contributed by atoms with van der Waals surface area (Å²) in [5.74, 6) is -0.885. The van der Waals surface area contributed by atoms with Gasteiger partial charge in [-0.05, 0) is 26.7 Å². The van der Waals surface area contributed by atoms with Gasteiger partial charge in [-0.3, -0.25) is 5.10 Å². The Morgan fingerprint density at radius 1 is 1.25 bits per heavy atom. The second kappa shape index (κ2) is 9.09. The van der Waals surface area contributed by atoms with E-state index in [-0.39, 0.29) is 29.4 Å². The lowest BCUT2D eigenvalue weighted by Crippen LogP contribution is -2.34. The molecule has 1 unspecified atom stereocenters. The third kappa shape index (κ3) is 4.72. The summed E-state index contributed by atoms with van der Waals surface area (Å²) < 4.78 is 34.2. The molecular weight excluding hydrogens is 420 g/mol. The number of aromatic amines is 1. The molecule has 0 amide bonds. The number of aromatic nitrogens is 6. The molecule has 2 N–H and O–H groups in total. The van der Waals surface area contributed by atoms with Gasteiger partial charge >= 0.3 is 0 Å². The standard InChI is InChI=1S/C20H21F2N9O/c1-11-7-15(30-29-11)26-20-27-18(31-5-3-13(8-23)4-6-31)16(22)19(28-20)32-12(2)17-24-9-14(21)10-25-17/h7,9-10,12-13H,3-6H2,1-2H3,(H2,26,27,28,29,30). The smallest absolute Gasteiger partial charge is 0.258 e. The first kappa shape index (κ1) is 21.4. The van der Waals surface area contributed by atoms with Gasteiger partial charge in [-0.15, -0.1) is 0 Å². The topological polar surface area (TPSA) is 129 Å². The summed E-state index contributed by atoms with van der Waals surface area (Å²) in [7, 11) is 0. The maximum atomic E-state index is 15.4. The molecule has 4 heterocycles. The first-order valence-electron chi connectivity index (χ1n) is 10.1. The number of nitrogens with zero attached hydrogens (tertiary/aromatic N) is 7. The van der Waals surface area contributed by atoms with Crippen LogP contribution in [0, 0.1) is 35.8 Å². The predicted molar refractivity (Wildman–Crippen MR) is 110 cm³/mol. The van der Waals surface area contributed by atoms with E-state index in [4.69, 9.17) is 10.00 Å². The summed E-state index contributed by atoms with van der Waals surface area (Å²) in [6.45, 7) is 4.40. The van der Waals surface area contributed by atoms with Gasteiger partial charge in [0.1, 0.15) is 0 Å². The Kier molecular flexibility index (Phi) is 6.07. The van der Waals surface area contributed by atoms with Crippen LogP contribution in [0.2, 0.25) is 0 Å². The van der Waals surface area contributed by atoms with Crippen molar-refractivity contribution in [2.75, 3.05) is 23.3 Å². The van der Waals surface area contributed by atoms with Gasteiger partial charge in [-0.1, -0.05) is 0 Å². The van der Waals surface area contributed by atoms with Crippen molar-refractivity contribution < 1.29 is 13.5 Å². The summed E-state index contributed by atoms with van der Waals surface area (Å²) in [5, 5.41) is 19.0. The average molecular weight is 441 g/mol. The maximum Gasteiger partial charge on any atom is 0.258 e. The molecule has 3 aromatic heterocycles. The summed E-state index contributed by atoms with van der Waals surface area (Å²) in [5.41, 5.74) is 0.826. The Hall–Kier alpha value is -3.88. The number of halogens is 2. The first-order chi connectivity index (χ1) is 15.4. The molecule has 1 atom stereocenters. The maximum absolute atomic E-state index is 15.4. The van der Waals surface area contributed by atoms with E-state index in [9.17, 15) is 4.39 Å². The lowest BCUT2D eigenvalue weighted by molar-refractivity contribution is 0.196. The van der Waals surface area contributed by atoms with Crippen molar-refractivity contribution >= 4 is 17.6 Å². The van der Waals surface area contributed by atoms with Crippen LogP contribution in [0.4, 0.5) is 26.4 Å². The number of piperidine rings is 1. The molecule has 1 saturated heterocycles. The number of hydrogen-bond acceptors (Lipinski definition) is 9. The minimum atomic E-state index is -0.794. The van der Waals surface area contributed by atoms with Gasteiger partial charge in [-0.2, -0.15) is 24.7 Å². The predicted octanol–water partition coefficient (Wildman–Crippen LogP) is 3.20. The number of hydrogen-bond donors (Lipinski definition) is 2. The molecule has 0 aliphatic carbocycles. The van der Waals surface area contributed by atoms with Crippen molar-refractivity contribution in [2.24, 2.45) is 5.92 Å². The lowest BCUT2D eigenvalue weighted by atomic mass is 9.99. The average Bonchev–Trinajstić information content (AvgIpc) is 3.20. The van der Waals surface area contributed by atoms with Gasteiger partial charge < -0.3 is 15.0 Å². The molecule has 10 nitrogen and oxygen atoms in total. The Balaban J connectivity index is 1.65. The summed E-state index contributed by atoms with van der Waals surface area (Å²) in [6.07, 6.45) is 2.44. The van der Waals surface area contributed by atoms with Crippen LogP contribution in [0.3, 0.4) is 0 Å². The van der Waals surface area contributed by atoms with Gasteiger partial charge in [0.25, 0.3) is 5.88 Å². The highest BCUT2D eigenvalue weighted by atomic mass is 19.1. The first-order valence-corrected chi connectivity index (χ1v) is 10.1. The van der Waals surface area contributed by atoms with Gasteiger partial charge in [0, 0.05) is 30.8 Å². The van der Waals surface area contributed by atoms with Crippen LogP contribution in [0.25, 0.3) is 0 Å². The molecule has 12 heteroatoms. The van der Waals surface area contributed by atoms with Crippen LogP contribution in [-0.2, 0) is 0 Å². The number of H-pyrrole nitrogens is 1.